The summed E-state index contributed by atoms with van der Waals surface area (Å²) in [6.45, 7) is 3.07. The Bertz CT molecular complexity index is 821. The third-order valence-electron chi connectivity index (χ3n) is 5.76. The Kier molecular flexibility index (Phi) is 5.50. The lowest BCUT2D eigenvalue weighted by Gasteiger charge is -2.72. The molecular formula is C17H26ClNO11. The molecule has 11 N–H and O–H groups in total. The van der Waals surface area contributed by atoms with E-state index in [1.54, 1.807) is 0 Å². The molecule has 0 spiro atoms. The molecule has 0 saturated heterocycles. The number of phenolic OH excluding ortho intramolecular Hbond substituents is 4. The van der Waals surface area contributed by atoms with Crippen LogP contribution in [0.5, 0.6) is 23.0 Å². The van der Waals surface area contributed by atoms with Crippen LogP contribution in [0.2, 0.25) is 5.02 Å². The van der Waals surface area contributed by atoms with E-state index >= 15 is 0 Å². The maximum absolute atomic E-state index is 11.5. The van der Waals surface area contributed by atoms with Gasteiger partial charge in [-0.15, -0.1) is 0 Å². The quantitative estimate of drug-likeness (QED) is 0.129. The summed E-state index contributed by atoms with van der Waals surface area (Å²) in [6.07, 6.45) is -0.537. The van der Waals surface area contributed by atoms with Crippen molar-refractivity contribution in [3.8, 4) is 23.0 Å². The maximum Gasteiger partial charge on any atom is 0.276 e. The highest BCUT2D eigenvalue weighted by Gasteiger charge is 2.96. The van der Waals surface area contributed by atoms with Crippen LogP contribution in [0.3, 0.4) is 0 Å². The van der Waals surface area contributed by atoms with Crippen molar-refractivity contribution in [3.05, 3.63) is 10.6 Å². The number of hydrogen-bond donors (Lipinski definition) is 11. The number of rotatable bonds is 5. The molecule has 0 aliphatic heterocycles. The molecule has 172 valence electrons. The van der Waals surface area contributed by atoms with Gasteiger partial charge < -0.3 is 56.2 Å². The predicted octanol–water partition coefficient (Wildman–Crippen LogP) is -2.25. The zero-order valence-electron chi connectivity index (χ0n) is 16.5. The molecule has 1 aromatic carbocycles. The molecule has 0 aromatic heterocycles. The average molecular weight is 456 g/mol. The highest BCUT2D eigenvalue weighted by Crippen LogP contribution is 2.71. The number of aromatic hydroxyl groups is 4. The second-order valence-electron chi connectivity index (χ2n) is 8.16. The van der Waals surface area contributed by atoms with E-state index < -0.39 is 74.4 Å². The first-order chi connectivity index (χ1) is 13.3. The number of benzene rings is 1. The number of likely N-dealkylation sites (N-methyl/N-ethyl adjacent to an activating group) is 1. The zero-order valence-corrected chi connectivity index (χ0v) is 17.3. The van der Waals surface area contributed by atoms with E-state index in [0.29, 0.717) is 0 Å². The number of nitrogens with zero attached hydrogens (tertiary/aromatic N) is 1. The molecule has 0 heterocycles. The Hall–Kier alpha value is -1.61. The number of phenols is 4. The van der Waals surface area contributed by atoms with E-state index in [1.807, 2.05) is 0 Å². The fourth-order valence-electron chi connectivity index (χ4n) is 4.32. The minimum Gasteiger partial charge on any atom is -0.504 e. The van der Waals surface area contributed by atoms with Gasteiger partial charge in [0, 0.05) is 0 Å². The topological polar surface area (TPSA) is 226 Å². The predicted molar refractivity (Wildman–Crippen MR) is 99.4 cm³/mol. The van der Waals surface area contributed by atoms with Crippen molar-refractivity contribution in [2.45, 2.75) is 48.8 Å². The van der Waals surface area contributed by atoms with Gasteiger partial charge in [-0.05, 0) is 26.4 Å². The molecule has 1 aromatic rings. The van der Waals surface area contributed by atoms with E-state index in [-0.39, 0.29) is 0 Å². The van der Waals surface area contributed by atoms with Gasteiger partial charge in [0.2, 0.25) is 11.6 Å². The molecule has 1 aliphatic carbocycles. The number of halogens is 1. The van der Waals surface area contributed by atoms with Crippen LogP contribution < -0.4 is 0 Å². The van der Waals surface area contributed by atoms with Gasteiger partial charge in [-0.2, -0.15) is 0 Å². The summed E-state index contributed by atoms with van der Waals surface area (Å²) in [4.78, 5) is 0.839. The number of aliphatic hydroxyl groups is 7. The van der Waals surface area contributed by atoms with Gasteiger partial charge in [0.25, 0.3) is 5.79 Å². The fourth-order valence-corrected chi connectivity index (χ4v) is 4.50. The molecular weight excluding hydrogens is 430 g/mol. The summed E-state index contributed by atoms with van der Waals surface area (Å²) in [5, 5.41) is 114. The van der Waals surface area contributed by atoms with Gasteiger partial charge in [0.1, 0.15) is 10.7 Å². The molecule has 12 nitrogen and oxygen atoms in total. The highest BCUT2D eigenvalue weighted by atomic mass is 35.5. The lowest BCUT2D eigenvalue weighted by molar-refractivity contribution is -0.591. The Morgan fingerprint density at radius 1 is 0.800 bits per heavy atom. The fraction of sp³-hybridized carbons (Fsp3) is 0.647. The Balaban J connectivity index is 3.19. The van der Waals surface area contributed by atoms with Gasteiger partial charge in [-0.3, -0.25) is 4.90 Å². The molecule has 30 heavy (non-hydrogen) atoms. The van der Waals surface area contributed by atoms with Crippen molar-refractivity contribution < 1.29 is 56.2 Å². The molecule has 0 radical (unpaired) electrons. The van der Waals surface area contributed by atoms with Gasteiger partial charge >= 0.3 is 0 Å². The smallest absolute Gasteiger partial charge is 0.276 e. The third-order valence-corrected chi connectivity index (χ3v) is 6.12. The Morgan fingerprint density at radius 3 is 1.47 bits per heavy atom. The highest BCUT2D eigenvalue weighted by molar-refractivity contribution is 6.34. The minimum absolute atomic E-state index is 0.535. The first kappa shape index (κ1) is 24.7. The molecule has 1 atom stereocenters. The van der Waals surface area contributed by atoms with Crippen molar-refractivity contribution >= 4 is 11.6 Å². The molecule has 1 fully saturated rings. The van der Waals surface area contributed by atoms with E-state index in [1.165, 1.54) is 13.8 Å². The van der Waals surface area contributed by atoms with Crippen molar-refractivity contribution in [3.63, 3.8) is 0 Å². The summed E-state index contributed by atoms with van der Waals surface area (Å²) in [5.41, 5.74) is -7.85. The van der Waals surface area contributed by atoms with Crippen LogP contribution in [0.15, 0.2) is 0 Å². The second-order valence-corrected chi connectivity index (χ2v) is 8.54. The molecule has 1 saturated carbocycles. The standard InChI is InChI=1S/C17H26ClNO11/c1-6(2)5-13(24,19(3)4)14(15(25,26)17(29,30)16(14,27)28)7-9(20)11(22)8(18)12(23)10(7)21/h6,20-30H,5H2,1-4H3. The van der Waals surface area contributed by atoms with E-state index in [4.69, 9.17) is 11.6 Å². The van der Waals surface area contributed by atoms with Gasteiger partial charge in [-0.1, -0.05) is 25.4 Å². The van der Waals surface area contributed by atoms with Crippen LogP contribution in [0.25, 0.3) is 0 Å². The summed E-state index contributed by atoms with van der Waals surface area (Å²) in [5.74, 6) is -18.5. The lowest BCUT2D eigenvalue weighted by Crippen LogP contribution is -2.99. The SMILES string of the molecule is CC(C)CC(O)(N(C)C)C1(c2c(O)c(O)c(Cl)c(O)c2O)C(O)(O)C(O)(O)C1(O)O. The van der Waals surface area contributed by atoms with Crippen LogP contribution in [-0.2, 0) is 5.41 Å². The van der Waals surface area contributed by atoms with E-state index in [9.17, 15) is 56.2 Å². The monoisotopic (exact) mass is 455 g/mol. The molecule has 1 aliphatic rings. The molecule has 1 unspecified atom stereocenters. The third kappa shape index (κ3) is 2.39. The largest absolute Gasteiger partial charge is 0.504 e. The van der Waals surface area contributed by atoms with Crippen LogP contribution in [-0.4, -0.2) is 98.3 Å². The average Bonchev–Trinajstić information content (AvgIpc) is 2.59. The van der Waals surface area contributed by atoms with Crippen molar-refractivity contribution in [2.24, 2.45) is 5.92 Å². The van der Waals surface area contributed by atoms with Gasteiger partial charge in [0.05, 0.1) is 5.56 Å². The zero-order chi connectivity index (χ0) is 23.8. The van der Waals surface area contributed by atoms with E-state index in [0.717, 1.165) is 19.0 Å². The Morgan fingerprint density at radius 2 is 1.17 bits per heavy atom. The van der Waals surface area contributed by atoms with Crippen molar-refractivity contribution in [1.29, 1.82) is 0 Å². The second kappa shape index (κ2) is 6.69. The Labute approximate surface area is 175 Å². The van der Waals surface area contributed by atoms with Crippen LogP contribution in [0.1, 0.15) is 25.8 Å². The lowest BCUT2D eigenvalue weighted by atomic mass is 9.44. The summed E-state index contributed by atoms with van der Waals surface area (Å²) < 4.78 is 0. The minimum atomic E-state index is -4.13. The van der Waals surface area contributed by atoms with Crippen LogP contribution >= 0.6 is 11.6 Å². The normalized spacial score (nSPS) is 23.3. The van der Waals surface area contributed by atoms with Gasteiger partial charge in [-0.25, -0.2) is 0 Å². The first-order valence-electron chi connectivity index (χ1n) is 8.68. The molecule has 0 bridgehead atoms. The summed E-state index contributed by atoms with van der Waals surface area (Å²) >= 11 is 5.59. The molecule has 13 heteroatoms. The summed E-state index contributed by atoms with van der Waals surface area (Å²) in [7, 11) is 2.30. The van der Waals surface area contributed by atoms with E-state index in [2.05, 4.69) is 0 Å². The maximum atomic E-state index is 11.5. The molecule has 0 amide bonds. The van der Waals surface area contributed by atoms with Crippen molar-refractivity contribution in [2.75, 3.05) is 14.1 Å². The van der Waals surface area contributed by atoms with Gasteiger partial charge in [0.15, 0.2) is 28.4 Å². The van der Waals surface area contributed by atoms with Crippen molar-refractivity contribution in [1.82, 2.24) is 4.90 Å². The number of hydrogen-bond acceptors (Lipinski definition) is 12. The molecule has 2 rings (SSSR count). The van der Waals surface area contributed by atoms with Crippen LogP contribution in [0.4, 0.5) is 0 Å². The summed E-state index contributed by atoms with van der Waals surface area (Å²) in [6, 6.07) is 0. The first-order valence-corrected chi connectivity index (χ1v) is 9.06. The van der Waals surface area contributed by atoms with Crippen LogP contribution in [0, 0.1) is 5.92 Å².